The van der Waals surface area contributed by atoms with Crippen molar-refractivity contribution < 1.29 is 9.84 Å². The predicted molar refractivity (Wildman–Crippen MR) is 88.7 cm³/mol. The van der Waals surface area contributed by atoms with Crippen LogP contribution >= 0.6 is 12.2 Å². The summed E-state index contributed by atoms with van der Waals surface area (Å²) < 4.78 is 5.73. The summed E-state index contributed by atoms with van der Waals surface area (Å²) in [5.74, 6) is 0.840. The third-order valence-electron chi connectivity index (χ3n) is 3.98. The largest absolute Gasteiger partial charge is 0.494 e. The molecule has 0 unspecified atom stereocenters. The lowest BCUT2D eigenvalue weighted by Crippen LogP contribution is -2.42. The SMILES string of the molecule is NC(=S)c1ccc(OCCCN(CCO)C2CCC2)cc1. The molecule has 0 aliphatic heterocycles. The second-order valence-corrected chi connectivity index (χ2v) is 5.87. The highest BCUT2D eigenvalue weighted by molar-refractivity contribution is 7.80. The Bertz CT molecular complexity index is 446. The second kappa shape index (κ2) is 8.32. The van der Waals surface area contributed by atoms with Crippen molar-refractivity contribution in [2.45, 2.75) is 31.7 Å². The van der Waals surface area contributed by atoms with E-state index in [-0.39, 0.29) is 6.61 Å². The molecule has 1 fully saturated rings. The Kier molecular flexibility index (Phi) is 6.42. The standard InChI is InChI=1S/C16H24N2O2S/c17-16(21)13-5-7-15(8-6-13)20-12-2-9-18(10-11-19)14-3-1-4-14/h5-8,14,19H,1-4,9-12H2,(H2,17,21). The van der Waals surface area contributed by atoms with Crippen LogP contribution in [0.15, 0.2) is 24.3 Å². The second-order valence-electron chi connectivity index (χ2n) is 5.43. The monoisotopic (exact) mass is 308 g/mol. The third-order valence-corrected chi connectivity index (χ3v) is 4.21. The van der Waals surface area contributed by atoms with Gasteiger partial charge in [-0.3, -0.25) is 4.90 Å². The molecule has 0 atom stereocenters. The molecule has 0 heterocycles. The van der Waals surface area contributed by atoms with Gasteiger partial charge in [0.15, 0.2) is 0 Å². The van der Waals surface area contributed by atoms with Gasteiger partial charge in [-0.25, -0.2) is 0 Å². The van der Waals surface area contributed by atoms with Gasteiger partial charge in [0, 0.05) is 24.7 Å². The molecular formula is C16H24N2O2S. The van der Waals surface area contributed by atoms with Gasteiger partial charge in [-0.15, -0.1) is 0 Å². The van der Waals surface area contributed by atoms with Crippen LogP contribution in [-0.2, 0) is 0 Å². The first-order valence-corrected chi connectivity index (χ1v) is 7.99. The summed E-state index contributed by atoms with van der Waals surface area (Å²) in [6, 6.07) is 8.22. The fourth-order valence-electron chi connectivity index (χ4n) is 2.53. The highest BCUT2D eigenvalue weighted by atomic mass is 32.1. The summed E-state index contributed by atoms with van der Waals surface area (Å²) in [5.41, 5.74) is 6.42. The van der Waals surface area contributed by atoms with E-state index in [1.54, 1.807) is 0 Å². The molecule has 21 heavy (non-hydrogen) atoms. The Balaban J connectivity index is 1.69. The molecule has 1 saturated carbocycles. The van der Waals surface area contributed by atoms with Gasteiger partial charge in [-0.2, -0.15) is 0 Å². The molecule has 2 rings (SSSR count). The van der Waals surface area contributed by atoms with E-state index in [2.05, 4.69) is 4.90 Å². The van der Waals surface area contributed by atoms with Crippen LogP contribution in [-0.4, -0.2) is 47.3 Å². The Morgan fingerprint density at radius 1 is 1.29 bits per heavy atom. The van der Waals surface area contributed by atoms with Gasteiger partial charge >= 0.3 is 0 Å². The molecule has 1 aromatic rings. The number of ether oxygens (including phenoxy) is 1. The number of aliphatic hydroxyl groups is 1. The fourth-order valence-corrected chi connectivity index (χ4v) is 2.67. The van der Waals surface area contributed by atoms with Crippen LogP contribution in [0.5, 0.6) is 5.75 Å². The summed E-state index contributed by atoms with van der Waals surface area (Å²) in [6.07, 6.45) is 4.81. The molecule has 0 spiro atoms. The van der Waals surface area contributed by atoms with E-state index in [0.717, 1.165) is 30.8 Å². The van der Waals surface area contributed by atoms with Crippen molar-refractivity contribution in [2.24, 2.45) is 5.73 Å². The van der Waals surface area contributed by atoms with Crippen molar-refractivity contribution in [2.75, 3.05) is 26.3 Å². The minimum Gasteiger partial charge on any atom is -0.494 e. The predicted octanol–water partition coefficient (Wildman–Crippen LogP) is 1.94. The number of hydrogen-bond donors (Lipinski definition) is 2. The first kappa shape index (κ1) is 16.2. The Morgan fingerprint density at radius 2 is 2.00 bits per heavy atom. The van der Waals surface area contributed by atoms with Gasteiger partial charge in [0.05, 0.1) is 13.2 Å². The normalized spacial score (nSPS) is 15.0. The van der Waals surface area contributed by atoms with Gasteiger partial charge < -0.3 is 15.6 Å². The fraction of sp³-hybridized carbons (Fsp3) is 0.562. The van der Waals surface area contributed by atoms with Gasteiger partial charge in [-0.05, 0) is 43.5 Å². The highest BCUT2D eigenvalue weighted by Gasteiger charge is 2.23. The van der Waals surface area contributed by atoms with E-state index in [1.165, 1.54) is 19.3 Å². The average molecular weight is 308 g/mol. The number of nitrogens with zero attached hydrogens (tertiary/aromatic N) is 1. The first-order valence-electron chi connectivity index (χ1n) is 7.58. The minimum absolute atomic E-state index is 0.234. The maximum Gasteiger partial charge on any atom is 0.119 e. The zero-order valence-corrected chi connectivity index (χ0v) is 13.1. The van der Waals surface area contributed by atoms with Crippen molar-refractivity contribution in [3.63, 3.8) is 0 Å². The van der Waals surface area contributed by atoms with E-state index in [9.17, 15) is 0 Å². The number of thiocarbonyl (C=S) groups is 1. The summed E-state index contributed by atoms with van der Waals surface area (Å²) in [5, 5.41) is 9.12. The molecule has 4 nitrogen and oxygen atoms in total. The van der Waals surface area contributed by atoms with Crippen molar-refractivity contribution >= 4 is 17.2 Å². The summed E-state index contributed by atoms with van der Waals surface area (Å²) >= 11 is 4.92. The topological polar surface area (TPSA) is 58.7 Å². The zero-order chi connectivity index (χ0) is 15.1. The van der Waals surface area contributed by atoms with E-state index < -0.39 is 0 Å². The molecule has 0 amide bonds. The molecule has 0 saturated heterocycles. The first-order chi connectivity index (χ1) is 10.2. The van der Waals surface area contributed by atoms with Crippen LogP contribution < -0.4 is 10.5 Å². The number of hydrogen-bond acceptors (Lipinski definition) is 4. The van der Waals surface area contributed by atoms with Gasteiger partial charge in [-0.1, -0.05) is 18.6 Å². The van der Waals surface area contributed by atoms with Crippen molar-refractivity contribution in [1.29, 1.82) is 0 Å². The molecule has 3 N–H and O–H groups in total. The van der Waals surface area contributed by atoms with Crippen LogP contribution in [0.4, 0.5) is 0 Å². The number of nitrogens with two attached hydrogens (primary N) is 1. The maximum absolute atomic E-state index is 9.12. The van der Waals surface area contributed by atoms with Gasteiger partial charge in [0.25, 0.3) is 0 Å². The van der Waals surface area contributed by atoms with Crippen molar-refractivity contribution in [3.8, 4) is 5.75 Å². The Hall–Kier alpha value is -1.17. The third kappa shape index (κ3) is 4.95. The molecule has 1 aliphatic carbocycles. The van der Waals surface area contributed by atoms with Crippen molar-refractivity contribution in [3.05, 3.63) is 29.8 Å². The molecule has 0 bridgehead atoms. The van der Waals surface area contributed by atoms with Crippen LogP contribution in [0.25, 0.3) is 0 Å². The van der Waals surface area contributed by atoms with Crippen LogP contribution in [0, 0.1) is 0 Å². The van der Waals surface area contributed by atoms with Crippen LogP contribution in [0.1, 0.15) is 31.2 Å². The Labute approximate surface area is 131 Å². The lowest BCUT2D eigenvalue weighted by Gasteiger charge is -2.37. The lowest BCUT2D eigenvalue weighted by molar-refractivity contribution is 0.0952. The highest BCUT2D eigenvalue weighted by Crippen LogP contribution is 2.24. The van der Waals surface area contributed by atoms with E-state index in [0.29, 0.717) is 17.6 Å². The average Bonchev–Trinajstić information content (AvgIpc) is 2.42. The molecule has 5 heteroatoms. The van der Waals surface area contributed by atoms with E-state index >= 15 is 0 Å². The maximum atomic E-state index is 9.12. The zero-order valence-electron chi connectivity index (χ0n) is 12.3. The molecule has 1 aromatic carbocycles. The molecule has 1 aliphatic rings. The number of aliphatic hydroxyl groups excluding tert-OH is 1. The lowest BCUT2D eigenvalue weighted by atomic mass is 9.91. The van der Waals surface area contributed by atoms with Gasteiger partial charge in [0.2, 0.25) is 0 Å². The van der Waals surface area contributed by atoms with Crippen LogP contribution in [0.3, 0.4) is 0 Å². The Morgan fingerprint density at radius 3 is 2.52 bits per heavy atom. The van der Waals surface area contributed by atoms with E-state index in [1.807, 2.05) is 24.3 Å². The molecular weight excluding hydrogens is 284 g/mol. The summed E-state index contributed by atoms with van der Waals surface area (Å²) in [7, 11) is 0. The molecule has 0 aromatic heterocycles. The van der Waals surface area contributed by atoms with E-state index in [4.69, 9.17) is 27.8 Å². The minimum atomic E-state index is 0.234. The quantitative estimate of drug-likeness (QED) is 0.539. The molecule has 0 radical (unpaired) electrons. The summed E-state index contributed by atoms with van der Waals surface area (Å²) in [4.78, 5) is 2.78. The van der Waals surface area contributed by atoms with Gasteiger partial charge in [0.1, 0.15) is 10.7 Å². The smallest absolute Gasteiger partial charge is 0.119 e. The van der Waals surface area contributed by atoms with Crippen molar-refractivity contribution in [1.82, 2.24) is 4.90 Å². The molecule has 116 valence electrons. The number of benzene rings is 1. The summed E-state index contributed by atoms with van der Waals surface area (Å²) in [6.45, 7) is 2.67. The van der Waals surface area contributed by atoms with Crippen LogP contribution in [0.2, 0.25) is 0 Å². The number of rotatable bonds is 9.